The molecule has 142 valence electrons. The molecule has 1 atom stereocenters. The Kier molecular flexibility index (Phi) is 13.7. The predicted octanol–water partition coefficient (Wildman–Crippen LogP) is 4.43. The number of rotatable bonds is 14. The van der Waals surface area contributed by atoms with Crippen molar-refractivity contribution in [1.29, 1.82) is 0 Å². The van der Waals surface area contributed by atoms with Gasteiger partial charge in [-0.1, -0.05) is 86.0 Å². The van der Waals surface area contributed by atoms with Gasteiger partial charge in [-0.05, 0) is 12.3 Å². The molecule has 0 bridgehead atoms. The summed E-state index contributed by atoms with van der Waals surface area (Å²) in [4.78, 5) is 24.1. The number of nitrogens with one attached hydrogen (secondary N) is 2. The van der Waals surface area contributed by atoms with E-state index in [2.05, 4.69) is 17.6 Å². The van der Waals surface area contributed by atoms with Crippen molar-refractivity contribution in [2.45, 2.75) is 98.4 Å². The summed E-state index contributed by atoms with van der Waals surface area (Å²) in [5.41, 5.74) is 0. The third-order valence-corrected chi connectivity index (χ3v) is 4.35. The van der Waals surface area contributed by atoms with Gasteiger partial charge in [0.15, 0.2) is 0 Å². The molecule has 0 aromatic heterocycles. The minimum absolute atomic E-state index is 0.0569. The lowest BCUT2D eigenvalue weighted by Gasteiger charge is -2.22. The number of amides is 2. The third kappa shape index (κ3) is 11.5. The molecule has 0 fully saturated rings. The van der Waals surface area contributed by atoms with E-state index >= 15 is 0 Å². The van der Waals surface area contributed by atoms with Crippen molar-refractivity contribution in [3.8, 4) is 0 Å². The second kappa shape index (κ2) is 14.3. The monoisotopic (exact) mass is 340 g/mol. The van der Waals surface area contributed by atoms with Gasteiger partial charge in [-0.25, -0.2) is 0 Å². The molecule has 4 nitrogen and oxygen atoms in total. The van der Waals surface area contributed by atoms with Crippen LogP contribution >= 0.6 is 0 Å². The Morgan fingerprint density at radius 1 is 0.750 bits per heavy atom. The van der Waals surface area contributed by atoms with Crippen molar-refractivity contribution in [3.63, 3.8) is 0 Å². The largest absolute Gasteiger partial charge is 0.354 e. The number of unbranched alkanes of at least 4 members (excludes halogenated alkanes) is 8. The van der Waals surface area contributed by atoms with Crippen LogP contribution in [0.4, 0.5) is 0 Å². The van der Waals surface area contributed by atoms with Crippen molar-refractivity contribution in [3.05, 3.63) is 0 Å². The van der Waals surface area contributed by atoms with E-state index in [4.69, 9.17) is 0 Å². The van der Waals surface area contributed by atoms with Crippen molar-refractivity contribution in [2.75, 3.05) is 6.54 Å². The average Bonchev–Trinajstić information content (AvgIpc) is 2.53. The van der Waals surface area contributed by atoms with E-state index in [1.54, 1.807) is 0 Å². The van der Waals surface area contributed by atoms with E-state index in [1.165, 1.54) is 51.4 Å². The van der Waals surface area contributed by atoms with Crippen LogP contribution < -0.4 is 10.6 Å². The van der Waals surface area contributed by atoms with Crippen LogP contribution in [0.3, 0.4) is 0 Å². The molecule has 4 heteroatoms. The summed E-state index contributed by atoms with van der Waals surface area (Å²) in [7, 11) is 0. The van der Waals surface area contributed by atoms with Crippen LogP contribution in [0.5, 0.6) is 0 Å². The number of hydrogen-bond acceptors (Lipinski definition) is 2. The normalized spacial score (nSPS) is 12.5. The summed E-state index contributed by atoms with van der Waals surface area (Å²) in [6, 6.07) is -0.432. The molecule has 2 amide bonds. The molecule has 0 aliphatic carbocycles. The molecule has 0 radical (unpaired) electrons. The van der Waals surface area contributed by atoms with Gasteiger partial charge in [0.25, 0.3) is 0 Å². The standard InChI is InChI=1S/C20H40N2O2/c1-6-7-8-9-10-11-12-13-14-15-21-20(24)18(16(2)3)22-19(23)17(4)5/h16-18H,6-15H2,1-5H3,(H,21,24)(H,22,23)/t18-/m0/s1. The predicted molar refractivity (Wildman–Crippen MR) is 102 cm³/mol. The van der Waals surface area contributed by atoms with E-state index in [0.29, 0.717) is 6.54 Å². The molecule has 0 aromatic carbocycles. The van der Waals surface area contributed by atoms with Crippen LogP contribution in [-0.2, 0) is 9.59 Å². The highest BCUT2D eigenvalue weighted by atomic mass is 16.2. The third-order valence-electron chi connectivity index (χ3n) is 4.35. The van der Waals surface area contributed by atoms with Crippen LogP contribution in [-0.4, -0.2) is 24.4 Å². The highest BCUT2D eigenvalue weighted by Gasteiger charge is 2.24. The SMILES string of the molecule is CCCCCCCCCCCNC(=O)[C@@H](NC(=O)C(C)C)C(C)C. The van der Waals surface area contributed by atoms with Crippen LogP contribution in [0, 0.1) is 11.8 Å². The maximum atomic E-state index is 12.3. The molecule has 0 aliphatic rings. The van der Waals surface area contributed by atoms with Gasteiger partial charge in [-0.15, -0.1) is 0 Å². The topological polar surface area (TPSA) is 58.2 Å². The Hall–Kier alpha value is -1.06. The summed E-state index contributed by atoms with van der Waals surface area (Å²) < 4.78 is 0. The van der Waals surface area contributed by atoms with Crippen molar-refractivity contribution in [2.24, 2.45) is 11.8 Å². The van der Waals surface area contributed by atoms with Gasteiger partial charge in [0, 0.05) is 12.5 Å². The lowest BCUT2D eigenvalue weighted by molar-refractivity contribution is -0.131. The zero-order valence-corrected chi connectivity index (χ0v) is 16.6. The number of hydrogen-bond donors (Lipinski definition) is 2. The first-order chi connectivity index (χ1) is 11.4. The fraction of sp³-hybridized carbons (Fsp3) is 0.900. The van der Waals surface area contributed by atoms with Crippen molar-refractivity contribution < 1.29 is 9.59 Å². The Bertz CT molecular complexity index is 341. The maximum absolute atomic E-state index is 12.3. The molecule has 0 rings (SSSR count). The fourth-order valence-electron chi connectivity index (χ4n) is 2.61. The van der Waals surface area contributed by atoms with Crippen LogP contribution in [0.1, 0.15) is 92.4 Å². The van der Waals surface area contributed by atoms with Crippen LogP contribution in [0.2, 0.25) is 0 Å². The summed E-state index contributed by atoms with van der Waals surface area (Å²) in [5, 5.41) is 5.82. The first kappa shape index (κ1) is 22.9. The van der Waals surface area contributed by atoms with E-state index in [1.807, 2.05) is 27.7 Å². The molecular weight excluding hydrogens is 300 g/mol. The molecule has 0 saturated carbocycles. The fourth-order valence-corrected chi connectivity index (χ4v) is 2.61. The molecule has 0 saturated heterocycles. The van der Waals surface area contributed by atoms with Gasteiger partial charge in [-0.2, -0.15) is 0 Å². The minimum atomic E-state index is -0.432. The first-order valence-corrected chi connectivity index (χ1v) is 9.98. The Morgan fingerprint density at radius 3 is 1.71 bits per heavy atom. The van der Waals surface area contributed by atoms with Crippen molar-refractivity contribution in [1.82, 2.24) is 10.6 Å². The minimum Gasteiger partial charge on any atom is -0.354 e. The highest BCUT2D eigenvalue weighted by molar-refractivity contribution is 5.88. The highest BCUT2D eigenvalue weighted by Crippen LogP contribution is 2.09. The Balaban J connectivity index is 3.79. The summed E-state index contributed by atoms with van der Waals surface area (Å²) in [6.07, 6.45) is 11.5. The molecule has 0 unspecified atom stereocenters. The molecule has 2 N–H and O–H groups in total. The Labute approximate surface area is 149 Å². The molecule has 0 aromatic rings. The first-order valence-electron chi connectivity index (χ1n) is 9.98. The molecule has 0 spiro atoms. The molecular formula is C20H40N2O2. The van der Waals surface area contributed by atoms with Gasteiger partial charge in [0.1, 0.15) is 6.04 Å². The number of carbonyl (C=O) groups is 2. The summed E-state index contributed by atoms with van der Waals surface area (Å²) >= 11 is 0. The lowest BCUT2D eigenvalue weighted by Crippen LogP contribution is -2.50. The van der Waals surface area contributed by atoms with Gasteiger partial charge in [0.2, 0.25) is 11.8 Å². The maximum Gasteiger partial charge on any atom is 0.242 e. The molecule has 24 heavy (non-hydrogen) atoms. The van der Waals surface area contributed by atoms with E-state index in [9.17, 15) is 9.59 Å². The summed E-state index contributed by atoms with van der Waals surface area (Å²) in [6.45, 7) is 10.5. The second-order valence-corrected chi connectivity index (χ2v) is 7.50. The zero-order chi connectivity index (χ0) is 18.4. The lowest BCUT2D eigenvalue weighted by atomic mass is 10.0. The average molecular weight is 341 g/mol. The zero-order valence-electron chi connectivity index (χ0n) is 16.6. The van der Waals surface area contributed by atoms with Crippen LogP contribution in [0.25, 0.3) is 0 Å². The van der Waals surface area contributed by atoms with Gasteiger partial charge >= 0.3 is 0 Å². The van der Waals surface area contributed by atoms with Crippen LogP contribution in [0.15, 0.2) is 0 Å². The quantitative estimate of drug-likeness (QED) is 0.460. The molecule has 0 aliphatic heterocycles. The van der Waals surface area contributed by atoms with Crippen molar-refractivity contribution >= 4 is 11.8 Å². The van der Waals surface area contributed by atoms with E-state index < -0.39 is 6.04 Å². The smallest absolute Gasteiger partial charge is 0.242 e. The summed E-state index contributed by atoms with van der Waals surface area (Å²) in [5.74, 6) is -0.127. The number of carbonyl (C=O) groups excluding carboxylic acids is 2. The van der Waals surface area contributed by atoms with Gasteiger partial charge in [0.05, 0.1) is 0 Å². The van der Waals surface area contributed by atoms with Gasteiger partial charge < -0.3 is 10.6 Å². The second-order valence-electron chi connectivity index (χ2n) is 7.50. The van der Waals surface area contributed by atoms with E-state index in [0.717, 1.165) is 6.42 Å². The van der Waals surface area contributed by atoms with Gasteiger partial charge in [-0.3, -0.25) is 9.59 Å². The van der Waals surface area contributed by atoms with E-state index in [-0.39, 0.29) is 23.7 Å². The Morgan fingerprint density at radius 2 is 1.25 bits per heavy atom. The molecule has 0 heterocycles.